The molecule has 4 bridgehead atoms. The Labute approximate surface area is 800 Å². The summed E-state index contributed by atoms with van der Waals surface area (Å²) in [5.41, 5.74) is 26.2. The predicted molar refractivity (Wildman–Crippen MR) is 507 cm³/mol. The van der Waals surface area contributed by atoms with E-state index >= 15 is 19.2 Å². The van der Waals surface area contributed by atoms with Crippen LogP contribution < -0.4 is 97.4 Å². The van der Waals surface area contributed by atoms with Gasteiger partial charge in [0, 0.05) is 90.4 Å². The minimum Gasteiger partial charge on any atom is -0.481 e. The third kappa shape index (κ3) is 33.0. The van der Waals surface area contributed by atoms with Gasteiger partial charge in [0.1, 0.15) is 78.5 Å². The van der Waals surface area contributed by atoms with E-state index in [1.165, 1.54) is 25.7 Å². The summed E-state index contributed by atoms with van der Waals surface area (Å²) in [5, 5.41) is 48.0. The lowest BCUT2D eigenvalue weighted by Gasteiger charge is -2.32. The van der Waals surface area contributed by atoms with Gasteiger partial charge in [0.05, 0.1) is 24.7 Å². The minimum absolute atomic E-state index is 0.00292. The normalized spacial score (nSPS) is 25.3. The zero-order chi connectivity index (χ0) is 99.9. The summed E-state index contributed by atoms with van der Waals surface area (Å²) in [7, 11) is 0. The number of hydrogen-bond donors (Lipinski definition) is 20. The Morgan fingerprint density at radius 3 is 1.68 bits per heavy atom. The highest BCUT2D eigenvalue weighted by Gasteiger charge is 2.44. The van der Waals surface area contributed by atoms with Gasteiger partial charge in [0.2, 0.25) is 100 Å². The average molecular weight is 1950 g/mol. The maximum absolute atomic E-state index is 15.7. The van der Waals surface area contributed by atoms with Gasteiger partial charge in [0.25, 0.3) is 0 Å². The number of urea groups is 1. The molecule has 136 heavy (non-hydrogen) atoms. The highest BCUT2D eigenvalue weighted by Crippen LogP contribution is 2.29. The number of aromatic nitrogens is 1. The molecular formula is C91H129N21O21S3. The standard InChI is InChI=1S/C91H129N21O21S3/c1-10-48(6)75-89(131)104-64(37-56-38-96-58-21-15-14-20-57(56)58)83(125)106-65-43-134-40-53-33-54(35-55(34-53)42-136-45-67(105-78(120)49(7)92)86(128)110-74(47(4)5)90(132)111-30-16-22-68(111)87(129)101-60(24-27-70(93)113)80(122)97-39-72(115)109-75)41-135-44-66(84(126)98-50(8)77(95)119)107-88(130)69-23-17-31-112(69)91(133)108-59(26-29-73(116)117)76(118)62(36-52-18-12-11-13-19-52)102-81(123)61(25-28-71(94)114)100-82(124)63(32-46(2)3)103-79(121)51(9)99-85(65)127/h11-15,18-21,33-35,38,46-51,59-69,74-75,96H,10,16-17,22-32,36-37,39-45,92H2,1-9H3,(H2,93,113)(H2,94,114)(H2,95,119)(H,97,122)(H,98,126)(H,99,127)(H,100,124)(H,101,129)(H,102,123)(H,103,121)(H,104,131)(H,105,120)(H,106,125)(H,107,130)(H,108,133)(H,109,115)(H,110,128)(H,116,117)/t48-,49-,50-,51-,59-,60-,61-,62-,63-,64-,65-,66-,67-,68-,69-,74-,75-/m0/s1. The van der Waals surface area contributed by atoms with E-state index in [1.807, 2.05) is 0 Å². The first-order valence-electron chi connectivity index (χ1n) is 45.6. The lowest BCUT2D eigenvalue weighted by molar-refractivity contribution is -0.143. The van der Waals surface area contributed by atoms with Crippen LogP contribution in [0.1, 0.15) is 167 Å². The van der Waals surface area contributed by atoms with Crippen LogP contribution in [0.4, 0.5) is 4.79 Å². The number of carboxylic acid groups (broad SMARTS) is 1. The molecule has 24 N–H and O–H groups in total. The van der Waals surface area contributed by atoms with Crippen molar-refractivity contribution in [1.29, 1.82) is 0 Å². The smallest absolute Gasteiger partial charge is 0.318 e. The SMILES string of the molecule is CC[C@H](C)[C@@H]1NC(=O)CNC(=O)[C@H](CCC(N)=O)NC(=O)[C@@H]2CCCN2C(=O)[C@H](C(C)C)NC(=O)[C@@H](NC(=O)[C@H](C)N)CSCc2cc3cc(c2)CSC[C@@H](C(=O)N[C@@H](C)C(N)=O)NC(=O)[C@@H]2CCCN2C(=O)N[C@@H](CCC(=O)O)C(=O)[C@H](Cc2ccccc2)NC(=O)[C@H](CCC(N)=O)NC(=O)[C@H](CC(C)C)NC(=O)[C@H](C)NC(=O)[C@H](CSC3)NC(=O)[C@H](Cc2c[nH]c3ccccc23)NC1=O. The van der Waals surface area contributed by atoms with E-state index in [9.17, 15) is 81.8 Å². The van der Waals surface area contributed by atoms with Crippen LogP contribution in [0, 0.1) is 17.8 Å². The summed E-state index contributed by atoms with van der Waals surface area (Å²) >= 11 is 3.39. The number of rotatable bonds is 23. The number of carbonyl (C=O) groups excluding carboxylic acids is 19. The number of hydrogen-bond acceptors (Lipinski definition) is 24. The van der Waals surface area contributed by atoms with Gasteiger partial charge in [-0.05, 0) is 130 Å². The van der Waals surface area contributed by atoms with Gasteiger partial charge in [-0.15, -0.1) is 0 Å². The average Bonchev–Trinajstić information content (AvgIpc) is 1.67. The van der Waals surface area contributed by atoms with Gasteiger partial charge in [-0.25, -0.2) is 4.79 Å². The third-order valence-electron chi connectivity index (χ3n) is 23.7. The molecule has 2 saturated heterocycles. The van der Waals surface area contributed by atoms with E-state index in [2.05, 4.69) is 79.4 Å². The predicted octanol–water partition coefficient (Wildman–Crippen LogP) is -1.57. The Balaban J connectivity index is 1.27. The van der Waals surface area contributed by atoms with Crippen molar-refractivity contribution in [3.63, 3.8) is 0 Å². The molecule has 742 valence electrons. The summed E-state index contributed by atoms with van der Waals surface area (Å²) < 4.78 is 0. The monoisotopic (exact) mass is 1950 g/mol. The molecule has 0 saturated carbocycles. The van der Waals surface area contributed by atoms with Crippen LogP contribution in [-0.2, 0) is 121 Å². The number of Topliss-reactive ketones (excluding diaryl/α,β-unsaturated/α-hetero) is 1. The van der Waals surface area contributed by atoms with Crippen molar-refractivity contribution >= 4 is 164 Å². The lowest BCUT2D eigenvalue weighted by atomic mass is 9.94. The zero-order valence-corrected chi connectivity index (χ0v) is 80.2. The van der Waals surface area contributed by atoms with Crippen LogP contribution in [0.15, 0.2) is 79.0 Å². The van der Waals surface area contributed by atoms with Gasteiger partial charge in [-0.1, -0.05) is 115 Å². The number of carboxylic acids is 1. The summed E-state index contributed by atoms with van der Waals surface area (Å²) in [6.45, 7) is 13.2. The summed E-state index contributed by atoms with van der Waals surface area (Å²) in [6.07, 6.45) is -1.36. The van der Waals surface area contributed by atoms with E-state index in [0.29, 0.717) is 45.1 Å². The minimum atomic E-state index is -1.72. The second kappa shape index (κ2) is 52.6. The Kier molecular flexibility index (Phi) is 42.2. The van der Waals surface area contributed by atoms with Crippen LogP contribution >= 0.6 is 35.3 Å². The maximum atomic E-state index is 15.7. The molecule has 19 amide bonds. The lowest BCUT2D eigenvalue weighted by Crippen LogP contribution is -2.61. The number of nitrogens with one attached hydrogen (secondary N) is 15. The molecule has 8 rings (SSSR count). The maximum Gasteiger partial charge on any atom is 0.318 e. The molecule has 0 aliphatic carbocycles. The summed E-state index contributed by atoms with van der Waals surface area (Å²) in [4.78, 5) is 292. The Morgan fingerprint density at radius 2 is 1.07 bits per heavy atom. The number of H-pyrrole nitrogens is 1. The third-order valence-corrected chi connectivity index (χ3v) is 27.0. The number of nitrogens with two attached hydrogens (primary N) is 4. The molecule has 17 atom stereocenters. The fraction of sp³-hybridized carbons (Fsp3) is 0.560. The van der Waals surface area contributed by atoms with Crippen molar-refractivity contribution in [3.8, 4) is 0 Å². The number of ketones is 1. The topological polar surface area (TPSA) is 656 Å². The molecule has 4 aliphatic rings. The first kappa shape index (κ1) is 109. The van der Waals surface area contributed by atoms with Crippen LogP contribution in [0.5, 0.6) is 0 Å². The largest absolute Gasteiger partial charge is 0.481 e. The molecule has 0 unspecified atom stereocenters. The van der Waals surface area contributed by atoms with Crippen molar-refractivity contribution in [2.24, 2.45) is 40.7 Å². The highest BCUT2D eigenvalue weighted by molar-refractivity contribution is 7.99. The van der Waals surface area contributed by atoms with Gasteiger partial charge in [-0.3, -0.25) is 91.1 Å². The molecule has 0 radical (unpaired) electrons. The van der Waals surface area contributed by atoms with E-state index in [1.54, 1.807) is 121 Å². The number of aromatic amines is 1. The van der Waals surface area contributed by atoms with Crippen LogP contribution in [0.3, 0.4) is 0 Å². The number of thioether (sulfide) groups is 3. The molecule has 0 spiro atoms. The van der Waals surface area contributed by atoms with Gasteiger partial charge in [-0.2, -0.15) is 35.3 Å². The fourth-order valence-electron chi connectivity index (χ4n) is 15.9. The van der Waals surface area contributed by atoms with Gasteiger partial charge < -0.3 is 117 Å². The molecule has 45 heteroatoms. The number of para-hydroxylation sites is 1. The molecule has 5 heterocycles. The Morgan fingerprint density at radius 1 is 0.529 bits per heavy atom. The quantitative estimate of drug-likeness (QED) is 0.0399. The molecule has 3 aromatic carbocycles. The van der Waals surface area contributed by atoms with Crippen molar-refractivity contribution in [3.05, 3.63) is 107 Å². The second-order valence-corrected chi connectivity index (χ2v) is 38.6. The molecule has 4 aliphatic heterocycles. The first-order chi connectivity index (χ1) is 64.5. The number of nitrogens with zero attached hydrogens (tertiary/aromatic N) is 2. The summed E-state index contributed by atoms with van der Waals surface area (Å²) in [6, 6.07) is -4.03. The molecule has 4 aromatic rings. The van der Waals surface area contributed by atoms with E-state index in [-0.39, 0.29) is 99.0 Å². The van der Waals surface area contributed by atoms with Gasteiger partial charge >= 0.3 is 12.0 Å². The van der Waals surface area contributed by atoms with Crippen molar-refractivity contribution < 1.29 is 101 Å². The first-order valence-corrected chi connectivity index (χ1v) is 49.1. The highest BCUT2D eigenvalue weighted by atomic mass is 32.2. The van der Waals surface area contributed by atoms with Crippen LogP contribution in [-0.4, -0.2) is 272 Å². The second-order valence-electron chi connectivity index (χ2n) is 35.5. The van der Waals surface area contributed by atoms with E-state index in [4.69, 9.17) is 22.9 Å². The zero-order valence-electron chi connectivity index (χ0n) is 77.8. The van der Waals surface area contributed by atoms with E-state index in [0.717, 1.165) is 40.2 Å². The van der Waals surface area contributed by atoms with Crippen molar-refractivity contribution in [2.75, 3.05) is 36.9 Å². The van der Waals surface area contributed by atoms with Crippen LogP contribution in [0.25, 0.3) is 10.9 Å². The van der Waals surface area contributed by atoms with Gasteiger partial charge in [0.15, 0.2) is 5.78 Å². The Bertz CT molecular complexity index is 5000. The molecule has 1 aromatic heterocycles. The van der Waals surface area contributed by atoms with Crippen molar-refractivity contribution in [2.45, 2.75) is 266 Å². The number of amides is 19. The van der Waals surface area contributed by atoms with E-state index < -0.39 is 271 Å². The number of carbonyl (C=O) groups is 20. The Hall–Kier alpha value is -12.4. The van der Waals surface area contributed by atoms with Crippen LogP contribution in [0.2, 0.25) is 0 Å². The molecular weight excluding hydrogens is 1820 g/mol. The number of benzene rings is 3. The summed E-state index contributed by atoms with van der Waals surface area (Å²) in [5.74, 6) is -20.0. The number of aliphatic carboxylic acids is 1. The number of primary amides is 3. The van der Waals surface area contributed by atoms with Crippen molar-refractivity contribution in [1.82, 2.24) is 89.2 Å². The number of fused-ring (bicyclic) bond motifs is 8. The molecule has 42 nitrogen and oxygen atoms in total. The molecule has 2 fully saturated rings. The fourth-order valence-corrected chi connectivity index (χ4v) is 18.9.